The van der Waals surface area contributed by atoms with Crippen molar-refractivity contribution < 1.29 is 8.83 Å². The number of benzene rings is 8. The number of anilines is 3. The molecule has 0 unspecified atom stereocenters. The van der Waals surface area contributed by atoms with Crippen molar-refractivity contribution in [2.24, 2.45) is 0 Å². The van der Waals surface area contributed by atoms with Crippen LogP contribution in [0.5, 0.6) is 0 Å². The zero-order valence-electron chi connectivity index (χ0n) is 29.2. The lowest BCUT2D eigenvalue weighted by Gasteiger charge is -2.26. The second kappa shape index (κ2) is 12.1. The number of furan rings is 2. The molecule has 4 heteroatoms. The quantitative estimate of drug-likeness (QED) is 0.174. The molecule has 0 bridgehead atoms. The van der Waals surface area contributed by atoms with Crippen LogP contribution >= 0.6 is 0 Å². The molecule has 0 spiro atoms. The Morgan fingerprint density at radius 2 is 0.944 bits per heavy atom. The summed E-state index contributed by atoms with van der Waals surface area (Å²) >= 11 is 0. The van der Waals surface area contributed by atoms with Crippen LogP contribution in [-0.2, 0) is 0 Å². The lowest BCUT2D eigenvalue weighted by atomic mass is 9.94. The Kier molecular flexibility index (Phi) is 6.82. The predicted octanol–water partition coefficient (Wildman–Crippen LogP) is 14.2. The van der Waals surface area contributed by atoms with E-state index in [9.17, 15) is 0 Å². The van der Waals surface area contributed by atoms with E-state index < -0.39 is 0 Å². The first-order chi connectivity index (χ1) is 26.8. The van der Waals surface area contributed by atoms with Crippen LogP contribution < -0.4 is 4.90 Å². The molecule has 0 amide bonds. The fourth-order valence-electron chi connectivity index (χ4n) is 8.18. The molecule has 0 aliphatic heterocycles. The van der Waals surface area contributed by atoms with Crippen LogP contribution in [0.4, 0.5) is 17.1 Å². The number of hydrogen-bond donors (Lipinski definition) is 0. The lowest BCUT2D eigenvalue weighted by molar-refractivity contribution is 0.645. The summed E-state index contributed by atoms with van der Waals surface area (Å²) in [4.78, 5) is 2.30. The van der Waals surface area contributed by atoms with Crippen LogP contribution in [0.2, 0.25) is 0 Å². The maximum Gasteiger partial charge on any atom is 0.213 e. The van der Waals surface area contributed by atoms with E-state index in [0.717, 1.165) is 77.8 Å². The van der Waals surface area contributed by atoms with E-state index in [2.05, 4.69) is 179 Å². The lowest BCUT2D eigenvalue weighted by Crippen LogP contribution is -2.10. The van der Waals surface area contributed by atoms with Gasteiger partial charge in [-0.15, -0.1) is 0 Å². The minimum absolute atomic E-state index is 0.848. The van der Waals surface area contributed by atoms with Crippen molar-refractivity contribution >= 4 is 72.0 Å². The summed E-state index contributed by atoms with van der Waals surface area (Å²) in [7, 11) is 0. The van der Waals surface area contributed by atoms with Crippen LogP contribution in [0, 0.1) is 0 Å². The summed E-state index contributed by atoms with van der Waals surface area (Å²) in [5, 5.41) is 5.63. The summed E-state index contributed by atoms with van der Waals surface area (Å²) in [5.74, 6) is 0. The SMILES string of the molecule is c1ccc(-c2ccccc2-c2ccc(N(c3ccc(-n4c5ccccc5c5c6ccccc6oc54)cc3)c3cccc4c3oc3ccccc34)cc2)cc1. The van der Waals surface area contributed by atoms with Gasteiger partial charge >= 0.3 is 0 Å². The Hall–Kier alpha value is -7.30. The van der Waals surface area contributed by atoms with E-state index in [-0.39, 0.29) is 0 Å². The highest BCUT2D eigenvalue weighted by atomic mass is 16.3. The first-order valence-electron chi connectivity index (χ1n) is 18.3. The molecular weight excluding hydrogens is 661 g/mol. The summed E-state index contributed by atoms with van der Waals surface area (Å²) in [6.07, 6.45) is 0. The fraction of sp³-hybridized carbons (Fsp3) is 0. The van der Waals surface area contributed by atoms with Gasteiger partial charge in [0.25, 0.3) is 0 Å². The third-order valence-electron chi connectivity index (χ3n) is 10.6. The molecule has 54 heavy (non-hydrogen) atoms. The third kappa shape index (κ3) is 4.70. The molecule has 0 N–H and O–H groups in total. The molecule has 0 saturated heterocycles. The van der Waals surface area contributed by atoms with Gasteiger partial charge in [0.1, 0.15) is 11.2 Å². The topological polar surface area (TPSA) is 34.5 Å². The molecule has 11 rings (SSSR count). The maximum atomic E-state index is 6.61. The van der Waals surface area contributed by atoms with Crippen LogP contribution in [0.15, 0.2) is 203 Å². The Morgan fingerprint density at radius 1 is 0.389 bits per heavy atom. The van der Waals surface area contributed by atoms with Crippen LogP contribution in [0.1, 0.15) is 0 Å². The zero-order chi connectivity index (χ0) is 35.6. The summed E-state index contributed by atoms with van der Waals surface area (Å²) < 4.78 is 15.4. The number of aromatic nitrogens is 1. The van der Waals surface area contributed by atoms with E-state index in [1.54, 1.807) is 0 Å². The van der Waals surface area contributed by atoms with Gasteiger partial charge in [-0.05, 0) is 82.9 Å². The molecule has 254 valence electrons. The van der Waals surface area contributed by atoms with Crippen LogP contribution in [0.3, 0.4) is 0 Å². The minimum atomic E-state index is 0.848. The van der Waals surface area contributed by atoms with Gasteiger partial charge in [-0.3, -0.25) is 4.57 Å². The monoisotopic (exact) mass is 692 g/mol. The van der Waals surface area contributed by atoms with E-state index in [1.807, 2.05) is 24.3 Å². The molecule has 3 aromatic heterocycles. The Bertz CT molecular complexity index is 3150. The second-order valence-electron chi connectivity index (χ2n) is 13.7. The summed E-state index contributed by atoms with van der Waals surface area (Å²) in [5.41, 5.74) is 13.4. The molecule has 0 atom stereocenters. The predicted molar refractivity (Wildman–Crippen MR) is 223 cm³/mol. The number of fused-ring (bicyclic) bond motifs is 8. The molecular formula is C50H32N2O2. The molecule has 4 nitrogen and oxygen atoms in total. The smallest absolute Gasteiger partial charge is 0.213 e. The number of para-hydroxylation sites is 4. The second-order valence-corrected chi connectivity index (χ2v) is 13.7. The van der Waals surface area contributed by atoms with Gasteiger partial charge < -0.3 is 13.7 Å². The molecule has 0 aliphatic rings. The highest BCUT2D eigenvalue weighted by Gasteiger charge is 2.22. The normalized spacial score (nSPS) is 11.7. The first-order valence-corrected chi connectivity index (χ1v) is 18.3. The van der Waals surface area contributed by atoms with Gasteiger partial charge in [-0.25, -0.2) is 0 Å². The largest absolute Gasteiger partial charge is 0.454 e. The van der Waals surface area contributed by atoms with Crippen LogP contribution in [-0.4, -0.2) is 4.57 Å². The van der Waals surface area contributed by atoms with Crippen LogP contribution in [0.25, 0.3) is 82.9 Å². The van der Waals surface area contributed by atoms with Crippen molar-refractivity contribution in [2.45, 2.75) is 0 Å². The summed E-state index contributed by atoms with van der Waals surface area (Å²) in [6.45, 7) is 0. The van der Waals surface area contributed by atoms with E-state index in [0.29, 0.717) is 0 Å². The third-order valence-corrected chi connectivity index (χ3v) is 10.6. The van der Waals surface area contributed by atoms with Crippen molar-refractivity contribution in [3.05, 3.63) is 194 Å². The number of rotatable bonds is 6. The first kappa shape index (κ1) is 30.3. The Balaban J connectivity index is 1.07. The van der Waals surface area contributed by atoms with Crippen molar-refractivity contribution in [1.82, 2.24) is 4.57 Å². The van der Waals surface area contributed by atoms with Gasteiger partial charge in [-0.2, -0.15) is 0 Å². The van der Waals surface area contributed by atoms with Gasteiger partial charge in [-0.1, -0.05) is 133 Å². The van der Waals surface area contributed by atoms with Crippen molar-refractivity contribution in [3.8, 4) is 27.9 Å². The van der Waals surface area contributed by atoms with Gasteiger partial charge in [0.2, 0.25) is 5.71 Å². The fourth-order valence-corrected chi connectivity index (χ4v) is 8.18. The molecule has 0 aliphatic carbocycles. The van der Waals surface area contributed by atoms with E-state index >= 15 is 0 Å². The van der Waals surface area contributed by atoms with Gasteiger partial charge in [0, 0.05) is 38.6 Å². The van der Waals surface area contributed by atoms with Gasteiger partial charge in [0.05, 0.1) is 16.6 Å². The standard InChI is InChI=1S/C50H32N2O2/c1-2-13-33(14-3-1)38-15-4-5-16-39(38)34-25-27-35(28-26-34)51(45-22-12-20-41-40-17-7-10-23-46(40)53-49(41)45)36-29-31-37(32-30-36)52-44-21-9-6-18-42(44)48-43-19-8-11-24-47(43)54-50(48)52/h1-32H. The number of nitrogens with zero attached hydrogens (tertiary/aromatic N) is 2. The van der Waals surface area contributed by atoms with Gasteiger partial charge in [0.15, 0.2) is 5.58 Å². The Morgan fingerprint density at radius 3 is 1.69 bits per heavy atom. The van der Waals surface area contributed by atoms with Crippen molar-refractivity contribution in [3.63, 3.8) is 0 Å². The molecule has 0 radical (unpaired) electrons. The average molecular weight is 693 g/mol. The zero-order valence-corrected chi connectivity index (χ0v) is 29.2. The molecule has 11 aromatic rings. The minimum Gasteiger partial charge on any atom is -0.454 e. The maximum absolute atomic E-state index is 6.61. The number of hydrogen-bond acceptors (Lipinski definition) is 3. The highest BCUT2D eigenvalue weighted by molar-refractivity contribution is 6.20. The van der Waals surface area contributed by atoms with Crippen molar-refractivity contribution in [2.75, 3.05) is 4.90 Å². The molecule has 3 heterocycles. The average Bonchev–Trinajstić information content (AvgIpc) is 3.91. The molecule has 8 aromatic carbocycles. The van der Waals surface area contributed by atoms with E-state index in [1.165, 1.54) is 22.1 Å². The van der Waals surface area contributed by atoms with Crippen molar-refractivity contribution in [1.29, 1.82) is 0 Å². The highest BCUT2D eigenvalue weighted by Crippen LogP contribution is 2.44. The van der Waals surface area contributed by atoms with E-state index in [4.69, 9.17) is 8.83 Å². The Labute approximate surface area is 311 Å². The summed E-state index contributed by atoms with van der Waals surface area (Å²) in [6, 6.07) is 68.3. The molecule has 0 saturated carbocycles. The molecule has 0 fully saturated rings.